The number of benzene rings is 2. The third kappa shape index (κ3) is 6.57. The summed E-state index contributed by atoms with van der Waals surface area (Å²) in [6.07, 6.45) is 3.79. The zero-order valence-electron chi connectivity index (χ0n) is 21.3. The number of amides is 2. The molecule has 1 N–H and O–H groups in total. The fourth-order valence-electron chi connectivity index (χ4n) is 4.79. The summed E-state index contributed by atoms with van der Waals surface area (Å²) in [7, 11) is 0. The van der Waals surface area contributed by atoms with Crippen LogP contribution in [0.4, 0.5) is 0 Å². The number of piperidine rings is 1. The van der Waals surface area contributed by atoms with Crippen molar-refractivity contribution in [3.05, 3.63) is 75.1 Å². The van der Waals surface area contributed by atoms with Crippen molar-refractivity contribution in [2.24, 2.45) is 11.8 Å². The summed E-state index contributed by atoms with van der Waals surface area (Å²) in [5.74, 6) is -0.950. The molecule has 1 aromatic heterocycles. The molecule has 1 aliphatic rings. The molecule has 1 aliphatic heterocycles. The monoisotopic (exact) mass is 572 g/mol. The summed E-state index contributed by atoms with van der Waals surface area (Å²) >= 11 is 14.4. The molecule has 3 aromatic rings. The highest BCUT2D eigenvalue weighted by atomic mass is 35.5. The molecule has 3 unspecified atom stereocenters. The Bertz CT molecular complexity index is 1340. The summed E-state index contributed by atoms with van der Waals surface area (Å²) in [6.45, 7) is 4.92. The third-order valence-electron chi connectivity index (χ3n) is 6.81. The Labute approximate surface area is 236 Å². The molecule has 0 aliphatic carbocycles. The van der Waals surface area contributed by atoms with Crippen LogP contribution in [0, 0.1) is 11.8 Å². The zero-order chi connectivity index (χ0) is 27.2. The largest absolute Gasteiger partial charge is 0.466 e. The second-order valence-electron chi connectivity index (χ2n) is 9.40. The maximum atomic E-state index is 13.3. The number of halogens is 2. The van der Waals surface area contributed by atoms with Gasteiger partial charge in [0.2, 0.25) is 11.8 Å². The fraction of sp³-hybridized carbons (Fsp3) is 0.345. The average molecular weight is 574 g/mol. The number of esters is 1. The molecule has 0 bridgehead atoms. The van der Waals surface area contributed by atoms with Crippen molar-refractivity contribution in [3.8, 4) is 0 Å². The zero-order valence-corrected chi connectivity index (χ0v) is 23.6. The molecule has 0 radical (unpaired) electrons. The Morgan fingerprint density at radius 2 is 1.95 bits per heavy atom. The molecule has 1 fully saturated rings. The number of ether oxygens (including phenoxy) is 1. The van der Waals surface area contributed by atoms with E-state index in [-0.39, 0.29) is 42.6 Å². The lowest BCUT2D eigenvalue weighted by Crippen LogP contribution is -2.47. The number of nitrogens with zero attached hydrogens (tertiary/aromatic N) is 1. The molecule has 2 amide bonds. The Hall–Kier alpha value is -2.87. The highest BCUT2D eigenvalue weighted by molar-refractivity contribution is 7.18. The summed E-state index contributed by atoms with van der Waals surface area (Å²) in [6, 6.07) is 12.8. The molecule has 9 heteroatoms. The standard InChI is InChI=1S/C29H30Cl2N2O4S/c1-3-37-25(35)16-23(19-7-5-4-6-8-19)32-29(36)22-11-13-33(17-18(22)2)24(34)10-9-20-15-21-12-14-38-28(21)27(31)26(20)30/h4-10,12,14-15,18,22-23H,3,11,13,16-17H2,1-2H3,(H,32,36). The molecular weight excluding hydrogens is 543 g/mol. The van der Waals surface area contributed by atoms with Crippen LogP contribution in [0.5, 0.6) is 0 Å². The molecule has 0 saturated carbocycles. The van der Waals surface area contributed by atoms with Crippen molar-refractivity contribution in [2.75, 3.05) is 19.7 Å². The van der Waals surface area contributed by atoms with Crippen LogP contribution in [0.15, 0.2) is 53.9 Å². The Kier molecular flexibility index (Phi) is 9.47. The minimum absolute atomic E-state index is 0.0553. The molecule has 200 valence electrons. The average Bonchev–Trinajstić information content (AvgIpc) is 3.38. The van der Waals surface area contributed by atoms with Gasteiger partial charge in [0.25, 0.3) is 0 Å². The molecule has 3 atom stereocenters. The van der Waals surface area contributed by atoms with E-state index in [1.807, 2.05) is 54.8 Å². The Morgan fingerprint density at radius 1 is 1.18 bits per heavy atom. The van der Waals surface area contributed by atoms with Crippen LogP contribution in [0.2, 0.25) is 10.0 Å². The van der Waals surface area contributed by atoms with Crippen molar-refractivity contribution in [1.82, 2.24) is 10.2 Å². The fourth-order valence-corrected chi connectivity index (χ4v) is 6.23. The normalized spacial score (nSPS) is 18.5. The van der Waals surface area contributed by atoms with E-state index in [2.05, 4.69) is 5.32 Å². The van der Waals surface area contributed by atoms with Gasteiger partial charge in [-0.05, 0) is 59.4 Å². The predicted molar refractivity (Wildman–Crippen MR) is 153 cm³/mol. The van der Waals surface area contributed by atoms with Gasteiger partial charge >= 0.3 is 5.97 Å². The number of hydrogen-bond acceptors (Lipinski definition) is 5. The van der Waals surface area contributed by atoms with Crippen LogP contribution in [0.25, 0.3) is 16.2 Å². The van der Waals surface area contributed by atoms with Crippen LogP contribution in [0.1, 0.15) is 43.9 Å². The van der Waals surface area contributed by atoms with Gasteiger partial charge in [0.05, 0.1) is 33.8 Å². The van der Waals surface area contributed by atoms with Gasteiger partial charge in [0, 0.05) is 25.1 Å². The SMILES string of the molecule is CCOC(=O)CC(NC(=O)C1CCN(C(=O)C=Cc2cc3ccsc3c(Cl)c2Cl)CC1C)c1ccccc1. The molecule has 4 rings (SSSR count). The van der Waals surface area contributed by atoms with E-state index >= 15 is 0 Å². The number of thiophene rings is 1. The Morgan fingerprint density at radius 3 is 2.66 bits per heavy atom. The van der Waals surface area contributed by atoms with Crippen LogP contribution in [0.3, 0.4) is 0 Å². The Balaban J connectivity index is 1.39. The summed E-state index contributed by atoms with van der Waals surface area (Å²) < 4.78 is 6.03. The molecule has 38 heavy (non-hydrogen) atoms. The van der Waals surface area contributed by atoms with Gasteiger partial charge in [-0.2, -0.15) is 0 Å². The quantitative estimate of drug-likeness (QED) is 0.246. The first-order valence-corrected chi connectivity index (χ1v) is 14.2. The smallest absolute Gasteiger partial charge is 0.308 e. The summed E-state index contributed by atoms with van der Waals surface area (Å²) in [4.78, 5) is 40.2. The highest BCUT2D eigenvalue weighted by Crippen LogP contribution is 2.37. The summed E-state index contributed by atoms with van der Waals surface area (Å²) in [5.41, 5.74) is 1.53. The number of nitrogens with one attached hydrogen (secondary N) is 1. The van der Waals surface area contributed by atoms with Crippen molar-refractivity contribution in [3.63, 3.8) is 0 Å². The van der Waals surface area contributed by atoms with Gasteiger partial charge in [-0.15, -0.1) is 11.3 Å². The first-order valence-electron chi connectivity index (χ1n) is 12.6. The van der Waals surface area contributed by atoms with Gasteiger partial charge in [0.15, 0.2) is 0 Å². The maximum Gasteiger partial charge on any atom is 0.308 e. The molecule has 0 spiro atoms. The van der Waals surface area contributed by atoms with E-state index < -0.39 is 6.04 Å². The van der Waals surface area contributed by atoms with Gasteiger partial charge in [-0.3, -0.25) is 14.4 Å². The van der Waals surface area contributed by atoms with Gasteiger partial charge in [-0.1, -0.05) is 60.5 Å². The lowest BCUT2D eigenvalue weighted by molar-refractivity contribution is -0.144. The van der Waals surface area contributed by atoms with Gasteiger partial charge < -0.3 is 15.0 Å². The number of hydrogen-bond donors (Lipinski definition) is 1. The van der Waals surface area contributed by atoms with E-state index in [4.69, 9.17) is 27.9 Å². The van der Waals surface area contributed by atoms with Crippen LogP contribution in [-0.4, -0.2) is 42.4 Å². The van der Waals surface area contributed by atoms with Gasteiger partial charge in [0.1, 0.15) is 0 Å². The van der Waals surface area contributed by atoms with E-state index in [1.165, 1.54) is 17.4 Å². The number of likely N-dealkylation sites (tertiary alicyclic amines) is 1. The lowest BCUT2D eigenvalue weighted by atomic mass is 9.85. The predicted octanol–water partition coefficient (Wildman–Crippen LogP) is 6.52. The number of carbonyl (C=O) groups excluding carboxylic acids is 3. The molecule has 2 heterocycles. The summed E-state index contributed by atoms with van der Waals surface area (Å²) in [5, 5.41) is 6.90. The first kappa shape index (κ1) is 28.1. The van der Waals surface area contributed by atoms with E-state index in [1.54, 1.807) is 17.9 Å². The van der Waals surface area contributed by atoms with E-state index in [0.29, 0.717) is 35.1 Å². The molecule has 2 aromatic carbocycles. The minimum Gasteiger partial charge on any atom is -0.466 e. The maximum absolute atomic E-state index is 13.3. The van der Waals surface area contributed by atoms with Crippen molar-refractivity contribution in [2.45, 2.75) is 32.7 Å². The first-order chi connectivity index (χ1) is 18.3. The van der Waals surface area contributed by atoms with E-state index in [0.717, 1.165) is 15.6 Å². The topological polar surface area (TPSA) is 75.7 Å². The minimum atomic E-state index is -0.477. The second kappa shape index (κ2) is 12.8. The third-order valence-corrected chi connectivity index (χ3v) is 8.75. The number of carbonyl (C=O) groups is 3. The highest BCUT2D eigenvalue weighted by Gasteiger charge is 2.34. The molecule has 1 saturated heterocycles. The second-order valence-corrected chi connectivity index (χ2v) is 11.1. The molecular formula is C29H30Cl2N2O4S. The van der Waals surface area contributed by atoms with Crippen LogP contribution in [-0.2, 0) is 19.1 Å². The van der Waals surface area contributed by atoms with Crippen molar-refractivity contribution < 1.29 is 19.1 Å². The van der Waals surface area contributed by atoms with Crippen LogP contribution < -0.4 is 5.32 Å². The van der Waals surface area contributed by atoms with Crippen molar-refractivity contribution >= 4 is 68.5 Å². The number of rotatable bonds is 8. The van der Waals surface area contributed by atoms with Crippen molar-refractivity contribution in [1.29, 1.82) is 0 Å². The van der Waals surface area contributed by atoms with Crippen LogP contribution >= 0.6 is 34.5 Å². The lowest BCUT2D eigenvalue weighted by Gasteiger charge is -2.36. The van der Waals surface area contributed by atoms with Gasteiger partial charge in [-0.25, -0.2) is 0 Å². The number of fused-ring (bicyclic) bond motifs is 1. The molecule has 6 nitrogen and oxygen atoms in total. The van der Waals surface area contributed by atoms with E-state index in [9.17, 15) is 14.4 Å².